The Hall–Kier alpha value is -1.50. The predicted octanol–water partition coefficient (Wildman–Crippen LogP) is 1.53. The van der Waals surface area contributed by atoms with E-state index in [2.05, 4.69) is 10.3 Å². The molecule has 0 saturated carbocycles. The minimum Gasteiger partial charge on any atom is -0.376 e. The van der Waals surface area contributed by atoms with E-state index in [1.54, 1.807) is 6.20 Å². The molecule has 2 fully saturated rings. The van der Waals surface area contributed by atoms with Crippen LogP contribution in [0.4, 0.5) is 0 Å². The molecular formula is C18H27N3O3. The smallest absolute Gasteiger partial charge is 0.252 e. The van der Waals surface area contributed by atoms with E-state index in [-0.39, 0.29) is 18.1 Å². The molecule has 1 aromatic rings. The minimum absolute atomic E-state index is 0.0110. The van der Waals surface area contributed by atoms with Crippen LogP contribution in [0.1, 0.15) is 37.8 Å². The molecule has 3 heterocycles. The van der Waals surface area contributed by atoms with Crippen molar-refractivity contribution in [2.75, 3.05) is 32.8 Å². The normalized spacial score (nSPS) is 26.1. The average Bonchev–Trinajstić information content (AvgIpc) is 2.67. The van der Waals surface area contributed by atoms with Gasteiger partial charge in [0, 0.05) is 38.6 Å². The van der Waals surface area contributed by atoms with Crippen LogP contribution in [0.2, 0.25) is 0 Å². The second-order valence-electron chi connectivity index (χ2n) is 6.50. The van der Waals surface area contributed by atoms with E-state index in [4.69, 9.17) is 9.47 Å². The number of carbonyl (C=O) groups excluding carboxylic acids is 1. The lowest BCUT2D eigenvalue weighted by atomic mass is 10.0. The predicted molar refractivity (Wildman–Crippen MR) is 90.6 cm³/mol. The van der Waals surface area contributed by atoms with Gasteiger partial charge in [0.1, 0.15) is 6.10 Å². The number of ether oxygens (including phenoxy) is 2. The van der Waals surface area contributed by atoms with Gasteiger partial charge in [-0.3, -0.25) is 9.78 Å². The molecule has 0 radical (unpaired) electrons. The van der Waals surface area contributed by atoms with Gasteiger partial charge in [-0.2, -0.15) is 0 Å². The van der Waals surface area contributed by atoms with Crippen LogP contribution >= 0.6 is 0 Å². The Morgan fingerprint density at radius 1 is 1.54 bits per heavy atom. The molecule has 2 saturated heterocycles. The maximum Gasteiger partial charge on any atom is 0.252 e. The van der Waals surface area contributed by atoms with Crippen LogP contribution in [0.25, 0.3) is 0 Å². The number of rotatable bonds is 5. The zero-order valence-electron chi connectivity index (χ0n) is 14.3. The average molecular weight is 333 g/mol. The van der Waals surface area contributed by atoms with Crippen LogP contribution in [-0.4, -0.2) is 60.8 Å². The molecule has 0 spiro atoms. The van der Waals surface area contributed by atoms with Crippen LogP contribution < -0.4 is 5.32 Å². The van der Waals surface area contributed by atoms with E-state index in [0.717, 1.165) is 38.1 Å². The number of pyridine rings is 1. The summed E-state index contributed by atoms with van der Waals surface area (Å²) in [6.45, 7) is 5.38. The van der Waals surface area contributed by atoms with Gasteiger partial charge in [0.05, 0.1) is 18.8 Å². The summed E-state index contributed by atoms with van der Waals surface area (Å²) in [6, 6.07) is 3.94. The first-order valence-corrected chi connectivity index (χ1v) is 8.90. The Balaban J connectivity index is 1.58. The first-order valence-electron chi connectivity index (χ1n) is 8.90. The number of hydrogen-bond acceptors (Lipinski definition) is 5. The van der Waals surface area contributed by atoms with E-state index in [1.807, 2.05) is 30.2 Å². The molecule has 3 rings (SSSR count). The third-order valence-electron chi connectivity index (χ3n) is 4.75. The molecule has 0 aromatic carbocycles. The second kappa shape index (κ2) is 8.55. The van der Waals surface area contributed by atoms with E-state index >= 15 is 0 Å². The monoisotopic (exact) mass is 333 g/mol. The maximum absolute atomic E-state index is 12.9. The molecule has 3 unspecified atom stereocenters. The number of nitrogens with zero attached hydrogens (tertiary/aromatic N) is 2. The zero-order valence-corrected chi connectivity index (χ0v) is 14.3. The van der Waals surface area contributed by atoms with Crippen LogP contribution in [0, 0.1) is 0 Å². The van der Waals surface area contributed by atoms with Crippen LogP contribution in [-0.2, 0) is 14.3 Å². The highest BCUT2D eigenvalue weighted by Crippen LogP contribution is 2.23. The summed E-state index contributed by atoms with van der Waals surface area (Å²) in [5.41, 5.74) is 1.06. The molecule has 132 valence electrons. The lowest BCUT2D eigenvalue weighted by Crippen LogP contribution is -2.51. The summed E-state index contributed by atoms with van der Waals surface area (Å²) in [5.74, 6) is 0.0427. The Kier molecular flexibility index (Phi) is 6.18. The lowest BCUT2D eigenvalue weighted by Gasteiger charge is -2.38. The fourth-order valence-corrected chi connectivity index (χ4v) is 3.33. The first kappa shape index (κ1) is 17.3. The molecule has 1 aromatic heterocycles. The van der Waals surface area contributed by atoms with E-state index < -0.39 is 6.10 Å². The molecule has 24 heavy (non-hydrogen) atoms. The molecular weight excluding hydrogens is 306 g/mol. The highest BCUT2D eigenvalue weighted by molar-refractivity contribution is 5.81. The van der Waals surface area contributed by atoms with Gasteiger partial charge in [0.2, 0.25) is 0 Å². The lowest BCUT2D eigenvalue weighted by molar-refractivity contribution is -0.149. The number of amides is 1. The summed E-state index contributed by atoms with van der Waals surface area (Å²) in [4.78, 5) is 19.0. The number of carbonyl (C=O) groups is 1. The molecule has 0 bridgehead atoms. The van der Waals surface area contributed by atoms with Crippen LogP contribution in [0.3, 0.4) is 0 Å². The van der Waals surface area contributed by atoms with Gasteiger partial charge in [0.25, 0.3) is 5.91 Å². The third kappa shape index (κ3) is 4.32. The fraction of sp³-hybridized carbons (Fsp3) is 0.667. The third-order valence-corrected chi connectivity index (χ3v) is 4.75. The summed E-state index contributed by atoms with van der Waals surface area (Å²) in [6.07, 6.45) is 6.59. The van der Waals surface area contributed by atoms with E-state index in [0.29, 0.717) is 13.2 Å². The van der Waals surface area contributed by atoms with Gasteiger partial charge in [-0.05, 0) is 37.8 Å². The van der Waals surface area contributed by atoms with Crippen molar-refractivity contribution in [2.24, 2.45) is 0 Å². The highest BCUT2D eigenvalue weighted by atomic mass is 16.5. The topological polar surface area (TPSA) is 63.7 Å². The molecule has 2 aliphatic heterocycles. The Morgan fingerprint density at radius 3 is 3.21 bits per heavy atom. The minimum atomic E-state index is -0.451. The van der Waals surface area contributed by atoms with Crippen molar-refractivity contribution < 1.29 is 14.3 Å². The van der Waals surface area contributed by atoms with E-state index in [9.17, 15) is 4.79 Å². The Morgan fingerprint density at radius 2 is 2.46 bits per heavy atom. The van der Waals surface area contributed by atoms with Crippen molar-refractivity contribution in [1.82, 2.24) is 15.2 Å². The first-order chi connectivity index (χ1) is 11.8. The Bertz CT molecular complexity index is 520. The summed E-state index contributed by atoms with van der Waals surface area (Å²) in [7, 11) is 0. The molecule has 1 amide bonds. The van der Waals surface area contributed by atoms with Crippen molar-refractivity contribution in [3.63, 3.8) is 0 Å². The fourth-order valence-electron chi connectivity index (χ4n) is 3.33. The molecule has 0 aliphatic carbocycles. The van der Waals surface area contributed by atoms with Crippen molar-refractivity contribution in [1.29, 1.82) is 0 Å². The number of aromatic nitrogens is 1. The van der Waals surface area contributed by atoms with Crippen molar-refractivity contribution in [3.05, 3.63) is 30.1 Å². The number of hydrogen-bond donors (Lipinski definition) is 1. The van der Waals surface area contributed by atoms with Gasteiger partial charge >= 0.3 is 0 Å². The number of piperazine rings is 1. The SMILES string of the molecule is CC(OCC1CCCCO1)C(=O)N1CCNCC1c1cccnc1. The molecule has 6 nitrogen and oxygen atoms in total. The van der Waals surface area contributed by atoms with Crippen molar-refractivity contribution >= 4 is 5.91 Å². The van der Waals surface area contributed by atoms with Crippen LogP contribution in [0.15, 0.2) is 24.5 Å². The molecule has 3 atom stereocenters. The molecule has 1 N–H and O–H groups in total. The Labute approximate surface area is 143 Å². The quantitative estimate of drug-likeness (QED) is 0.885. The van der Waals surface area contributed by atoms with Gasteiger partial charge in [0.15, 0.2) is 0 Å². The largest absolute Gasteiger partial charge is 0.376 e. The maximum atomic E-state index is 12.9. The number of nitrogens with one attached hydrogen (secondary N) is 1. The standard InChI is InChI=1S/C18H27N3O3/c1-14(24-13-16-6-2-3-10-23-16)18(22)21-9-8-20-12-17(21)15-5-4-7-19-11-15/h4-5,7,11,14,16-17,20H,2-3,6,8-10,12-13H2,1H3. The van der Waals surface area contributed by atoms with Gasteiger partial charge < -0.3 is 19.7 Å². The van der Waals surface area contributed by atoms with Crippen molar-refractivity contribution in [3.8, 4) is 0 Å². The van der Waals surface area contributed by atoms with Crippen molar-refractivity contribution in [2.45, 2.75) is 44.4 Å². The summed E-state index contributed by atoms with van der Waals surface area (Å²) in [5, 5.41) is 3.36. The summed E-state index contributed by atoms with van der Waals surface area (Å²) < 4.78 is 11.5. The summed E-state index contributed by atoms with van der Waals surface area (Å²) >= 11 is 0. The molecule has 2 aliphatic rings. The van der Waals surface area contributed by atoms with Crippen LogP contribution in [0.5, 0.6) is 0 Å². The van der Waals surface area contributed by atoms with Gasteiger partial charge in [-0.25, -0.2) is 0 Å². The van der Waals surface area contributed by atoms with Gasteiger partial charge in [-0.1, -0.05) is 6.07 Å². The highest BCUT2D eigenvalue weighted by Gasteiger charge is 2.31. The van der Waals surface area contributed by atoms with E-state index in [1.165, 1.54) is 6.42 Å². The molecule has 6 heteroatoms. The van der Waals surface area contributed by atoms with Gasteiger partial charge in [-0.15, -0.1) is 0 Å². The zero-order chi connectivity index (χ0) is 16.8. The second-order valence-corrected chi connectivity index (χ2v) is 6.50.